The third-order valence-electron chi connectivity index (χ3n) is 3.62. The Morgan fingerprint density at radius 2 is 1.73 bits per heavy atom. The second-order valence-corrected chi connectivity index (χ2v) is 6.31. The normalized spacial score (nSPS) is 16.8. The number of carbonyl (C=O) groups is 1. The van der Waals surface area contributed by atoms with Gasteiger partial charge in [0.25, 0.3) is 0 Å². The van der Waals surface area contributed by atoms with Crippen molar-refractivity contribution in [1.29, 1.82) is 0 Å². The highest BCUT2D eigenvalue weighted by Gasteiger charge is 2.42. The van der Waals surface area contributed by atoms with Crippen molar-refractivity contribution in [2.45, 2.75) is 24.3 Å². The molecule has 0 aliphatic carbocycles. The second kappa shape index (κ2) is 5.29. The molecule has 1 aliphatic heterocycles. The molecule has 0 saturated heterocycles. The van der Waals surface area contributed by atoms with E-state index in [2.05, 4.69) is 12.6 Å². The number of rotatable bonds is 2. The fourth-order valence-electron chi connectivity index (χ4n) is 2.49. The minimum absolute atomic E-state index is 0.143. The molecular weight excluding hydrogens is 299 g/mol. The summed E-state index contributed by atoms with van der Waals surface area (Å²) in [5, 5.41) is 0. The van der Waals surface area contributed by atoms with Crippen LogP contribution in [0.15, 0.2) is 53.4 Å². The molecule has 0 aromatic heterocycles. The average Bonchev–Trinajstić information content (AvgIpc) is 2.70. The molecule has 0 bridgehead atoms. The first-order valence-electron chi connectivity index (χ1n) is 6.94. The molecule has 112 valence electrons. The van der Waals surface area contributed by atoms with E-state index >= 15 is 0 Å². The van der Waals surface area contributed by atoms with Gasteiger partial charge in [0.2, 0.25) is 5.78 Å². The lowest BCUT2D eigenvalue weighted by atomic mass is 9.92. The van der Waals surface area contributed by atoms with Crippen LogP contribution in [-0.2, 0) is 22.2 Å². The molecule has 0 radical (unpaired) electrons. The summed E-state index contributed by atoms with van der Waals surface area (Å²) in [5.41, 5.74) is 0.795. The van der Waals surface area contributed by atoms with Crippen molar-refractivity contribution in [1.82, 2.24) is 0 Å². The first-order valence-corrected chi connectivity index (χ1v) is 7.44. The molecule has 1 aliphatic rings. The number of Topliss-reactive ketones (excluding diaryl/α,β-unsaturated/α-hetero) is 1. The summed E-state index contributed by atoms with van der Waals surface area (Å²) in [6.45, 7) is 3.44. The van der Waals surface area contributed by atoms with E-state index in [1.165, 1.54) is 12.1 Å². The maximum atomic E-state index is 13.5. The van der Waals surface area contributed by atoms with E-state index in [-0.39, 0.29) is 11.6 Å². The van der Waals surface area contributed by atoms with Gasteiger partial charge in [0.15, 0.2) is 5.60 Å². The van der Waals surface area contributed by atoms with E-state index in [4.69, 9.17) is 4.74 Å². The largest absolute Gasteiger partial charge is 0.478 e. The first-order chi connectivity index (χ1) is 10.4. The zero-order valence-corrected chi connectivity index (χ0v) is 13.3. The van der Waals surface area contributed by atoms with E-state index in [9.17, 15) is 9.18 Å². The molecule has 0 saturated carbocycles. The molecule has 0 amide bonds. The number of hydrogen-bond donors (Lipinski definition) is 0. The van der Waals surface area contributed by atoms with Gasteiger partial charge in [-0.2, -0.15) is 0 Å². The highest BCUT2D eigenvalue weighted by Crippen LogP contribution is 2.41. The quantitative estimate of drug-likeness (QED) is 0.794. The van der Waals surface area contributed by atoms with E-state index in [1.54, 1.807) is 26.0 Å². The number of ether oxygens (including phenoxy) is 1. The number of ketones is 1. The first kappa shape index (κ1) is 14.9. The third-order valence-corrected chi connectivity index (χ3v) is 3.95. The van der Waals surface area contributed by atoms with Crippen molar-refractivity contribution in [3.63, 3.8) is 0 Å². The fraction of sp³-hybridized carbons (Fsp3) is 0.167. The van der Waals surface area contributed by atoms with Crippen molar-refractivity contribution >= 4 is 29.7 Å². The van der Waals surface area contributed by atoms with Gasteiger partial charge in [-0.1, -0.05) is 12.1 Å². The van der Waals surface area contributed by atoms with Crippen LogP contribution < -0.4 is 0 Å². The summed E-state index contributed by atoms with van der Waals surface area (Å²) in [6.07, 6.45) is 0. The molecule has 2 aromatic rings. The van der Waals surface area contributed by atoms with Crippen molar-refractivity contribution in [3.05, 3.63) is 65.5 Å². The van der Waals surface area contributed by atoms with Crippen molar-refractivity contribution in [2.75, 3.05) is 0 Å². The van der Waals surface area contributed by atoms with Gasteiger partial charge in [0.1, 0.15) is 16.5 Å². The van der Waals surface area contributed by atoms with Crippen LogP contribution in [0.1, 0.15) is 25.0 Å². The van der Waals surface area contributed by atoms with Gasteiger partial charge in [-0.15, -0.1) is 0 Å². The topological polar surface area (TPSA) is 26.3 Å². The van der Waals surface area contributed by atoms with E-state index < -0.39 is 5.60 Å². The van der Waals surface area contributed by atoms with Gasteiger partial charge in [-0.3, -0.25) is 4.79 Å². The van der Waals surface area contributed by atoms with Crippen LogP contribution in [0.3, 0.4) is 0 Å². The van der Waals surface area contributed by atoms with Crippen LogP contribution >= 0.6 is 0 Å². The minimum atomic E-state index is -0.955. The van der Waals surface area contributed by atoms with E-state index in [1.807, 2.05) is 24.3 Å². The van der Waals surface area contributed by atoms with Crippen molar-refractivity contribution in [3.8, 4) is 0 Å². The number of benzene rings is 2. The Kier molecular flexibility index (Phi) is 3.57. The van der Waals surface area contributed by atoms with Gasteiger partial charge < -0.3 is 4.74 Å². The lowest BCUT2D eigenvalue weighted by Crippen LogP contribution is -2.29. The Morgan fingerprint density at radius 3 is 2.36 bits per heavy atom. The summed E-state index contributed by atoms with van der Waals surface area (Å²) in [6, 6.07) is 13.5. The van der Waals surface area contributed by atoms with Gasteiger partial charge in [0, 0.05) is 5.56 Å². The Labute approximate surface area is 134 Å². The molecule has 0 spiro atoms. The molecule has 1 heterocycles. The van der Waals surface area contributed by atoms with Gasteiger partial charge in [0.05, 0.1) is 5.57 Å². The molecule has 2 nitrogen and oxygen atoms in total. The minimum Gasteiger partial charge on any atom is -0.478 e. The van der Waals surface area contributed by atoms with E-state index in [0.29, 0.717) is 16.9 Å². The standard InChI is InChI=1S/C18H15FO2S/c1-18(2)17(20)15(12-4-3-5-13(19)10-12)16(21-18)11-6-8-14(22)9-7-11/h3-10,22H,1-2H3/p+1. The van der Waals surface area contributed by atoms with Crippen LogP contribution in [0.4, 0.5) is 4.39 Å². The summed E-state index contributed by atoms with van der Waals surface area (Å²) in [7, 11) is 0. The summed E-state index contributed by atoms with van der Waals surface area (Å²) >= 11 is 3.44. The Balaban J connectivity index is 2.20. The highest BCUT2D eigenvalue weighted by atomic mass is 32.1. The SMILES string of the molecule is CC1(C)OC(c2ccc([SH2+])cc2)=C(c2cccc(F)c2)C1=O. The lowest BCUT2D eigenvalue weighted by Gasteiger charge is -2.17. The van der Waals surface area contributed by atoms with Crippen LogP contribution in [0, 0.1) is 5.82 Å². The lowest BCUT2D eigenvalue weighted by molar-refractivity contribution is -0.125. The van der Waals surface area contributed by atoms with E-state index in [0.717, 1.165) is 10.5 Å². The van der Waals surface area contributed by atoms with Gasteiger partial charge in [-0.25, -0.2) is 4.39 Å². The predicted octanol–water partition coefficient (Wildman–Crippen LogP) is 3.44. The fourth-order valence-corrected chi connectivity index (χ4v) is 2.65. The Hall–Kier alpha value is -2.07. The number of carbonyl (C=O) groups excluding carboxylic acids is 1. The predicted molar refractivity (Wildman–Crippen MR) is 88.2 cm³/mol. The number of hydrogen-bond acceptors (Lipinski definition) is 2. The third kappa shape index (κ3) is 2.55. The molecule has 0 fully saturated rings. The molecular formula is C18H16FO2S+. The Morgan fingerprint density at radius 1 is 1.05 bits per heavy atom. The molecule has 22 heavy (non-hydrogen) atoms. The summed E-state index contributed by atoms with van der Waals surface area (Å²) in [5.74, 6) is -0.0276. The number of halogens is 1. The average molecular weight is 315 g/mol. The molecule has 0 atom stereocenters. The monoisotopic (exact) mass is 315 g/mol. The summed E-state index contributed by atoms with van der Waals surface area (Å²) < 4.78 is 19.4. The highest BCUT2D eigenvalue weighted by molar-refractivity contribution is 7.58. The zero-order valence-electron chi connectivity index (χ0n) is 12.3. The molecule has 0 N–H and O–H groups in total. The van der Waals surface area contributed by atoms with Crippen molar-refractivity contribution < 1.29 is 13.9 Å². The molecule has 0 unspecified atom stereocenters. The molecule has 2 aromatic carbocycles. The Bertz CT molecular complexity index is 776. The maximum Gasteiger partial charge on any atom is 0.210 e. The van der Waals surface area contributed by atoms with Crippen LogP contribution in [0.25, 0.3) is 11.3 Å². The van der Waals surface area contributed by atoms with Gasteiger partial charge >= 0.3 is 0 Å². The van der Waals surface area contributed by atoms with Gasteiger partial charge in [-0.05, 0) is 68.4 Å². The maximum absolute atomic E-state index is 13.5. The van der Waals surface area contributed by atoms with Crippen LogP contribution in [-0.4, -0.2) is 11.4 Å². The zero-order chi connectivity index (χ0) is 15.9. The van der Waals surface area contributed by atoms with Crippen molar-refractivity contribution in [2.24, 2.45) is 0 Å². The summed E-state index contributed by atoms with van der Waals surface area (Å²) in [4.78, 5) is 13.6. The molecule has 4 heteroatoms. The van der Waals surface area contributed by atoms with Crippen LogP contribution in [0.5, 0.6) is 0 Å². The second-order valence-electron chi connectivity index (χ2n) is 5.73. The molecule has 3 rings (SSSR count). The smallest absolute Gasteiger partial charge is 0.210 e. The van der Waals surface area contributed by atoms with Crippen LogP contribution in [0.2, 0.25) is 0 Å².